The molecule has 3 N–H and O–H groups in total. The van der Waals surface area contributed by atoms with Gasteiger partial charge in [-0.25, -0.2) is 9.59 Å². The number of non-ortho nitro benzene ring substituents is 1. The minimum Gasteiger partial charge on any atom is -0.457 e. The van der Waals surface area contributed by atoms with Gasteiger partial charge < -0.3 is 20.5 Å². The average molecular weight is 407 g/mol. The number of carbonyl (C=O) groups is 3. The van der Waals surface area contributed by atoms with E-state index in [2.05, 4.69) is 5.32 Å². The molecule has 0 bridgehead atoms. The van der Waals surface area contributed by atoms with Gasteiger partial charge in [0.2, 0.25) is 5.91 Å². The molecule has 0 radical (unpaired) electrons. The molecule has 2 rings (SSSR count). The summed E-state index contributed by atoms with van der Waals surface area (Å²) in [6.07, 6.45) is -0.464. The zero-order chi connectivity index (χ0) is 21.8. The van der Waals surface area contributed by atoms with Crippen molar-refractivity contribution in [2.24, 2.45) is 11.7 Å². The Morgan fingerprint density at radius 3 is 2.31 bits per heavy atom. The van der Waals surface area contributed by atoms with Crippen LogP contribution in [0.15, 0.2) is 24.3 Å². The highest BCUT2D eigenvalue weighted by Crippen LogP contribution is 2.28. The summed E-state index contributed by atoms with van der Waals surface area (Å²) in [6.45, 7) is 5.17. The van der Waals surface area contributed by atoms with Gasteiger partial charge >= 0.3 is 12.1 Å². The van der Waals surface area contributed by atoms with Gasteiger partial charge in [0.15, 0.2) is 0 Å². The quantitative estimate of drug-likeness (QED) is 0.432. The second kappa shape index (κ2) is 8.89. The van der Waals surface area contributed by atoms with Gasteiger partial charge in [0.25, 0.3) is 5.69 Å². The smallest absolute Gasteiger partial charge is 0.408 e. The van der Waals surface area contributed by atoms with Crippen molar-refractivity contribution in [1.82, 2.24) is 5.32 Å². The van der Waals surface area contributed by atoms with Crippen molar-refractivity contribution in [3.63, 3.8) is 0 Å². The lowest BCUT2D eigenvalue weighted by Crippen LogP contribution is -2.51. The number of nitrogens with zero attached hydrogens (tertiary/aromatic N) is 1. The first-order valence-electron chi connectivity index (χ1n) is 9.20. The molecular formula is C19H25N3O7. The SMILES string of the molecule is CC(C)(C)OC(=O)N[C@@H]1CC[C@@H](C(N)=O)C[C@@H]1OC(=O)c1ccc([N+](=O)[O-])cc1. The molecule has 10 nitrogen and oxygen atoms in total. The Morgan fingerprint density at radius 2 is 1.79 bits per heavy atom. The molecule has 0 heterocycles. The van der Waals surface area contributed by atoms with Crippen LogP contribution in [0.2, 0.25) is 0 Å². The molecule has 158 valence electrons. The van der Waals surface area contributed by atoms with Gasteiger partial charge in [-0.1, -0.05) is 0 Å². The number of nitrogens with two attached hydrogens (primary N) is 1. The minimum absolute atomic E-state index is 0.118. The lowest BCUT2D eigenvalue weighted by atomic mass is 9.83. The van der Waals surface area contributed by atoms with Gasteiger partial charge in [0.05, 0.1) is 16.5 Å². The Balaban J connectivity index is 2.11. The summed E-state index contributed by atoms with van der Waals surface area (Å²) in [6, 6.07) is 4.40. The number of hydrogen-bond acceptors (Lipinski definition) is 7. The maximum Gasteiger partial charge on any atom is 0.408 e. The maximum absolute atomic E-state index is 12.5. The number of benzene rings is 1. The topological polar surface area (TPSA) is 151 Å². The Morgan fingerprint density at radius 1 is 1.17 bits per heavy atom. The van der Waals surface area contributed by atoms with Crippen molar-refractivity contribution in [1.29, 1.82) is 0 Å². The van der Waals surface area contributed by atoms with E-state index in [0.717, 1.165) is 0 Å². The third kappa shape index (κ3) is 6.44. The van der Waals surface area contributed by atoms with Crippen LogP contribution >= 0.6 is 0 Å². The van der Waals surface area contributed by atoms with Crippen LogP contribution in [-0.2, 0) is 14.3 Å². The van der Waals surface area contributed by atoms with Crippen LogP contribution in [0.1, 0.15) is 50.4 Å². The molecule has 1 aliphatic carbocycles. The largest absolute Gasteiger partial charge is 0.457 e. The van der Waals surface area contributed by atoms with Crippen LogP contribution < -0.4 is 11.1 Å². The number of alkyl carbamates (subject to hydrolysis) is 1. The van der Waals surface area contributed by atoms with Crippen molar-refractivity contribution in [2.75, 3.05) is 0 Å². The van der Waals surface area contributed by atoms with Crippen LogP contribution in [0, 0.1) is 16.0 Å². The number of nitro benzene ring substituents is 1. The molecule has 1 saturated carbocycles. The molecule has 1 fully saturated rings. The molecular weight excluding hydrogens is 382 g/mol. The number of nitrogens with one attached hydrogen (secondary N) is 1. The predicted octanol–water partition coefficient (Wildman–Crippen LogP) is 2.30. The van der Waals surface area contributed by atoms with Crippen LogP contribution in [-0.4, -0.2) is 40.6 Å². The lowest BCUT2D eigenvalue weighted by molar-refractivity contribution is -0.384. The molecule has 0 unspecified atom stereocenters. The van der Waals surface area contributed by atoms with Gasteiger partial charge in [-0.2, -0.15) is 0 Å². The molecule has 2 amide bonds. The normalized spacial score (nSPS) is 21.7. The monoisotopic (exact) mass is 407 g/mol. The number of carbonyl (C=O) groups excluding carboxylic acids is 3. The summed E-state index contributed by atoms with van der Waals surface area (Å²) in [4.78, 5) is 46.3. The Labute approximate surface area is 167 Å². The number of esters is 1. The standard InChI is InChI=1S/C19H25N3O7/c1-19(2,3)29-18(25)21-14-9-6-12(16(20)23)10-15(14)28-17(24)11-4-7-13(8-5-11)22(26)27/h4-5,7-8,12,14-15H,6,9-10H2,1-3H3,(H2,20,23)(H,21,25)/t12-,14-,15+/m1/s1. The van der Waals surface area contributed by atoms with Crippen LogP contribution in [0.4, 0.5) is 10.5 Å². The third-order valence-electron chi connectivity index (χ3n) is 4.47. The fraction of sp³-hybridized carbons (Fsp3) is 0.526. The zero-order valence-corrected chi connectivity index (χ0v) is 16.5. The molecule has 1 aromatic rings. The number of primary amides is 1. The van der Waals surface area contributed by atoms with E-state index in [4.69, 9.17) is 15.2 Å². The summed E-state index contributed by atoms with van der Waals surface area (Å²) >= 11 is 0. The first-order valence-corrected chi connectivity index (χ1v) is 9.20. The average Bonchev–Trinajstić information content (AvgIpc) is 2.61. The fourth-order valence-electron chi connectivity index (χ4n) is 3.07. The Bertz CT molecular complexity index is 786. The van der Waals surface area contributed by atoms with E-state index >= 15 is 0 Å². The zero-order valence-electron chi connectivity index (χ0n) is 16.5. The number of rotatable bonds is 5. The van der Waals surface area contributed by atoms with Gasteiger partial charge in [0, 0.05) is 18.1 Å². The lowest BCUT2D eigenvalue weighted by Gasteiger charge is -2.35. The van der Waals surface area contributed by atoms with Crippen molar-refractivity contribution >= 4 is 23.7 Å². The van der Waals surface area contributed by atoms with Crippen molar-refractivity contribution in [3.05, 3.63) is 39.9 Å². The molecule has 0 aromatic heterocycles. The van der Waals surface area contributed by atoms with Gasteiger partial charge in [-0.3, -0.25) is 14.9 Å². The molecule has 1 aliphatic rings. The fourth-order valence-corrected chi connectivity index (χ4v) is 3.07. The molecule has 29 heavy (non-hydrogen) atoms. The summed E-state index contributed by atoms with van der Waals surface area (Å²) < 4.78 is 10.8. The minimum atomic E-state index is -0.795. The molecule has 10 heteroatoms. The van der Waals surface area contributed by atoms with E-state index in [1.54, 1.807) is 20.8 Å². The maximum atomic E-state index is 12.5. The van der Waals surface area contributed by atoms with Crippen molar-refractivity contribution in [3.8, 4) is 0 Å². The van der Waals surface area contributed by atoms with E-state index in [1.165, 1.54) is 24.3 Å². The second-order valence-electron chi connectivity index (χ2n) is 7.91. The van der Waals surface area contributed by atoms with Gasteiger partial charge in [-0.05, 0) is 52.2 Å². The van der Waals surface area contributed by atoms with E-state index < -0.39 is 46.6 Å². The summed E-state index contributed by atoms with van der Waals surface area (Å²) in [5.41, 5.74) is 4.66. The molecule has 0 aliphatic heterocycles. The predicted molar refractivity (Wildman–Crippen MR) is 102 cm³/mol. The van der Waals surface area contributed by atoms with Crippen LogP contribution in [0.3, 0.4) is 0 Å². The van der Waals surface area contributed by atoms with Crippen LogP contribution in [0.25, 0.3) is 0 Å². The number of hydrogen-bond donors (Lipinski definition) is 2. The number of ether oxygens (including phenoxy) is 2. The third-order valence-corrected chi connectivity index (χ3v) is 4.47. The van der Waals surface area contributed by atoms with Crippen molar-refractivity contribution in [2.45, 2.75) is 57.8 Å². The van der Waals surface area contributed by atoms with E-state index in [-0.39, 0.29) is 17.7 Å². The Hall–Kier alpha value is -3.17. The first kappa shape index (κ1) is 22.1. The highest BCUT2D eigenvalue weighted by atomic mass is 16.6. The Kier molecular flexibility index (Phi) is 6.78. The number of nitro groups is 1. The van der Waals surface area contributed by atoms with Crippen molar-refractivity contribution < 1.29 is 28.8 Å². The second-order valence-corrected chi connectivity index (χ2v) is 7.91. The highest BCUT2D eigenvalue weighted by Gasteiger charge is 2.37. The summed E-state index contributed by atoms with van der Waals surface area (Å²) in [7, 11) is 0. The molecule has 3 atom stereocenters. The molecule has 1 aromatic carbocycles. The molecule has 0 spiro atoms. The van der Waals surface area contributed by atoms with E-state index in [0.29, 0.717) is 12.8 Å². The van der Waals surface area contributed by atoms with E-state index in [1.807, 2.05) is 0 Å². The van der Waals surface area contributed by atoms with E-state index in [9.17, 15) is 24.5 Å². The molecule has 0 saturated heterocycles. The van der Waals surface area contributed by atoms with Crippen LogP contribution in [0.5, 0.6) is 0 Å². The van der Waals surface area contributed by atoms with Gasteiger partial charge in [0.1, 0.15) is 11.7 Å². The summed E-state index contributed by atoms with van der Waals surface area (Å²) in [5, 5.41) is 13.4. The number of amides is 2. The highest BCUT2D eigenvalue weighted by molar-refractivity contribution is 5.90. The first-order chi connectivity index (χ1) is 13.5. The van der Waals surface area contributed by atoms with Gasteiger partial charge in [-0.15, -0.1) is 0 Å². The summed E-state index contributed by atoms with van der Waals surface area (Å²) in [5.74, 6) is -1.70.